The normalized spacial score (nSPS) is 20.3. The highest BCUT2D eigenvalue weighted by Crippen LogP contribution is 2.49. The Labute approximate surface area is 214 Å². The van der Waals surface area contributed by atoms with Crippen molar-refractivity contribution in [1.29, 1.82) is 0 Å². The van der Waals surface area contributed by atoms with Crippen molar-refractivity contribution < 1.29 is 19.4 Å². The number of rotatable bonds is 4. The fourth-order valence-electron chi connectivity index (χ4n) is 5.12. The summed E-state index contributed by atoms with van der Waals surface area (Å²) >= 11 is 12.6. The molecule has 2 heterocycles. The molecule has 0 aliphatic carbocycles. The zero-order valence-corrected chi connectivity index (χ0v) is 21.2. The molecular weight excluding hydrogens is 485 g/mol. The maximum atomic E-state index is 14.1. The third-order valence-corrected chi connectivity index (χ3v) is 7.58. The van der Waals surface area contributed by atoms with E-state index in [0.717, 1.165) is 35.3 Å². The molecule has 0 spiro atoms. The van der Waals surface area contributed by atoms with Gasteiger partial charge in [0.2, 0.25) is 5.91 Å². The Morgan fingerprint density at radius 3 is 2.49 bits per heavy atom. The van der Waals surface area contributed by atoms with Gasteiger partial charge < -0.3 is 14.7 Å². The molecule has 2 aliphatic heterocycles. The average molecular weight is 510 g/mol. The Kier molecular flexibility index (Phi) is 5.61. The summed E-state index contributed by atoms with van der Waals surface area (Å²) in [4.78, 5) is 27.6. The van der Waals surface area contributed by atoms with E-state index < -0.39 is 11.4 Å². The average Bonchev–Trinajstić information content (AvgIpc) is 3.00. The van der Waals surface area contributed by atoms with Crippen LogP contribution in [0.3, 0.4) is 0 Å². The third-order valence-electron chi connectivity index (χ3n) is 7.11. The van der Waals surface area contributed by atoms with Crippen LogP contribution in [0.25, 0.3) is 0 Å². The Hall–Kier alpha value is -3.02. The fraction of sp³-hybridized carbons (Fsp3) is 0.286. The first kappa shape index (κ1) is 23.7. The summed E-state index contributed by atoms with van der Waals surface area (Å²) < 4.78 is 6.15. The Morgan fingerprint density at radius 2 is 1.74 bits per heavy atom. The van der Waals surface area contributed by atoms with Gasteiger partial charge in [-0.25, -0.2) is 4.79 Å². The van der Waals surface area contributed by atoms with Gasteiger partial charge in [-0.2, -0.15) is 0 Å². The first-order valence-electron chi connectivity index (χ1n) is 11.5. The topological polar surface area (TPSA) is 66.8 Å². The number of aromatic carboxylic acids is 1. The van der Waals surface area contributed by atoms with Gasteiger partial charge in [-0.05, 0) is 98.3 Å². The number of nitrogens with zero attached hydrogens (tertiary/aromatic N) is 1. The predicted molar refractivity (Wildman–Crippen MR) is 137 cm³/mol. The van der Waals surface area contributed by atoms with Gasteiger partial charge in [-0.3, -0.25) is 4.79 Å². The summed E-state index contributed by atoms with van der Waals surface area (Å²) in [6, 6.07) is 15.9. The molecular formula is C28H25Cl2NO4. The molecule has 0 bridgehead atoms. The van der Waals surface area contributed by atoms with Crippen LogP contribution < -0.4 is 9.64 Å². The number of carbonyl (C=O) groups excluding carboxylic acids is 1. The molecule has 0 unspecified atom stereocenters. The van der Waals surface area contributed by atoms with Crippen molar-refractivity contribution in [3.05, 3.63) is 92.5 Å². The standard InChI is InChI=1S/C28H25Cl2NO4/c1-27(2)11-10-16-12-18(4-9-24(16)35-27)28(3)22-14-20(30)6-8-23(22)31(26(28)34)15-17-13-19(29)5-7-21(17)25(32)33/h4-9,12-14H,10-11,15H2,1-3H3,(H,32,33)/t28-/m0/s1. The zero-order valence-electron chi connectivity index (χ0n) is 19.7. The van der Waals surface area contributed by atoms with Crippen molar-refractivity contribution in [3.63, 3.8) is 0 Å². The highest BCUT2D eigenvalue weighted by Gasteiger charge is 2.49. The minimum Gasteiger partial charge on any atom is -0.488 e. The van der Waals surface area contributed by atoms with Crippen molar-refractivity contribution in [3.8, 4) is 5.75 Å². The summed E-state index contributed by atoms with van der Waals surface area (Å²) in [5.74, 6) is -0.379. The van der Waals surface area contributed by atoms with E-state index in [2.05, 4.69) is 19.9 Å². The lowest BCUT2D eigenvalue weighted by molar-refractivity contribution is -0.121. The first-order chi connectivity index (χ1) is 16.5. The van der Waals surface area contributed by atoms with E-state index in [9.17, 15) is 14.7 Å². The van der Waals surface area contributed by atoms with Crippen LogP contribution in [0.1, 0.15) is 59.8 Å². The molecule has 180 valence electrons. The predicted octanol–water partition coefficient (Wildman–Crippen LogP) is 6.65. The number of ether oxygens (including phenoxy) is 1. The third kappa shape index (κ3) is 3.97. The molecule has 2 aliphatic rings. The minimum atomic E-state index is -1.07. The van der Waals surface area contributed by atoms with Crippen LogP contribution in [0, 0.1) is 0 Å². The van der Waals surface area contributed by atoms with E-state index in [1.165, 1.54) is 12.1 Å². The molecule has 0 saturated carbocycles. The first-order valence-corrected chi connectivity index (χ1v) is 12.2. The van der Waals surface area contributed by atoms with Gasteiger partial charge in [0.05, 0.1) is 17.5 Å². The monoisotopic (exact) mass is 509 g/mol. The Morgan fingerprint density at radius 1 is 1.03 bits per heavy atom. The number of hydrogen-bond donors (Lipinski definition) is 1. The van der Waals surface area contributed by atoms with Gasteiger partial charge in [-0.1, -0.05) is 35.3 Å². The SMILES string of the molecule is CC1(C)CCc2cc([C@]3(C)C(=O)N(Cc4cc(Cl)ccc4C(=O)O)c4ccc(Cl)cc43)ccc2O1. The van der Waals surface area contributed by atoms with Crippen LogP contribution in [-0.2, 0) is 23.2 Å². The number of amides is 1. The van der Waals surface area contributed by atoms with E-state index in [1.807, 2.05) is 31.2 Å². The summed E-state index contributed by atoms with van der Waals surface area (Å²) in [6.07, 6.45) is 1.74. The highest BCUT2D eigenvalue weighted by atomic mass is 35.5. The Balaban J connectivity index is 1.61. The quantitative estimate of drug-likeness (QED) is 0.427. The van der Waals surface area contributed by atoms with E-state index in [4.69, 9.17) is 27.9 Å². The van der Waals surface area contributed by atoms with Gasteiger partial charge in [0.1, 0.15) is 11.4 Å². The smallest absolute Gasteiger partial charge is 0.336 e. The van der Waals surface area contributed by atoms with Crippen molar-refractivity contribution in [2.24, 2.45) is 0 Å². The number of benzene rings is 3. The molecule has 0 fully saturated rings. The number of fused-ring (bicyclic) bond motifs is 2. The van der Waals surface area contributed by atoms with E-state index >= 15 is 0 Å². The van der Waals surface area contributed by atoms with Crippen molar-refractivity contribution in [1.82, 2.24) is 0 Å². The molecule has 0 aromatic heterocycles. The van der Waals surface area contributed by atoms with Gasteiger partial charge in [-0.15, -0.1) is 0 Å². The second-order valence-electron chi connectivity index (χ2n) is 9.97. The van der Waals surface area contributed by atoms with Crippen LogP contribution in [-0.4, -0.2) is 22.6 Å². The molecule has 0 saturated heterocycles. The highest BCUT2D eigenvalue weighted by molar-refractivity contribution is 6.31. The van der Waals surface area contributed by atoms with E-state index in [0.29, 0.717) is 21.3 Å². The number of hydrogen-bond acceptors (Lipinski definition) is 3. The lowest BCUT2D eigenvalue weighted by Crippen LogP contribution is -2.39. The van der Waals surface area contributed by atoms with Crippen molar-refractivity contribution in [2.75, 3.05) is 4.90 Å². The van der Waals surface area contributed by atoms with Crippen molar-refractivity contribution in [2.45, 2.75) is 51.2 Å². The van der Waals surface area contributed by atoms with Gasteiger partial charge in [0, 0.05) is 15.7 Å². The molecule has 5 rings (SSSR count). The maximum Gasteiger partial charge on any atom is 0.336 e. The fourth-order valence-corrected chi connectivity index (χ4v) is 5.48. The summed E-state index contributed by atoms with van der Waals surface area (Å²) in [5.41, 5.74) is 2.76. The minimum absolute atomic E-state index is 0.0769. The molecule has 0 radical (unpaired) electrons. The second-order valence-corrected chi connectivity index (χ2v) is 10.8. The molecule has 1 N–H and O–H groups in total. The maximum absolute atomic E-state index is 14.1. The molecule has 3 aromatic rings. The van der Waals surface area contributed by atoms with Crippen LogP contribution >= 0.6 is 23.2 Å². The zero-order chi connectivity index (χ0) is 25.1. The Bertz CT molecular complexity index is 1380. The molecule has 7 heteroatoms. The van der Waals surface area contributed by atoms with Crippen LogP contribution in [0.4, 0.5) is 5.69 Å². The van der Waals surface area contributed by atoms with Crippen molar-refractivity contribution >= 4 is 40.8 Å². The van der Waals surface area contributed by atoms with E-state index in [-0.39, 0.29) is 23.6 Å². The molecule has 1 amide bonds. The van der Waals surface area contributed by atoms with Crippen LogP contribution in [0.5, 0.6) is 5.75 Å². The molecule has 35 heavy (non-hydrogen) atoms. The second kappa shape index (κ2) is 8.28. The summed E-state index contributed by atoms with van der Waals surface area (Å²) in [7, 11) is 0. The van der Waals surface area contributed by atoms with Gasteiger partial charge in [0.25, 0.3) is 0 Å². The summed E-state index contributed by atoms with van der Waals surface area (Å²) in [5, 5.41) is 10.6. The molecule has 5 nitrogen and oxygen atoms in total. The summed E-state index contributed by atoms with van der Waals surface area (Å²) in [6.45, 7) is 6.12. The number of halogens is 2. The number of carboxylic acid groups (broad SMARTS) is 1. The van der Waals surface area contributed by atoms with Crippen LogP contribution in [0.2, 0.25) is 10.0 Å². The lowest BCUT2D eigenvalue weighted by Gasteiger charge is -2.34. The molecule has 1 atom stereocenters. The van der Waals surface area contributed by atoms with Gasteiger partial charge >= 0.3 is 5.97 Å². The number of carboxylic acids is 1. The lowest BCUT2D eigenvalue weighted by atomic mass is 9.76. The number of carbonyl (C=O) groups is 2. The number of anilines is 1. The largest absolute Gasteiger partial charge is 0.488 e. The van der Waals surface area contributed by atoms with E-state index in [1.54, 1.807) is 17.0 Å². The van der Waals surface area contributed by atoms with Gasteiger partial charge in [0.15, 0.2) is 0 Å². The molecule has 3 aromatic carbocycles. The number of aryl methyl sites for hydroxylation is 1. The van der Waals surface area contributed by atoms with Crippen LogP contribution in [0.15, 0.2) is 54.6 Å².